The van der Waals surface area contributed by atoms with Crippen molar-refractivity contribution in [3.05, 3.63) is 41.6 Å². The van der Waals surface area contributed by atoms with Crippen LogP contribution < -0.4 is 16.0 Å². The number of nitrogens with zero attached hydrogens (tertiary/aromatic N) is 2. The lowest BCUT2D eigenvalue weighted by Crippen LogP contribution is -2.38. The SMILES string of the molecule is O=C1NCCCC[C@@H]1Nc1nc(-c2ccccc2)nc2c1CCNCC2. The van der Waals surface area contributed by atoms with Crippen LogP contribution in [0.4, 0.5) is 5.82 Å². The molecule has 1 amide bonds. The first-order chi connectivity index (χ1) is 12.8. The summed E-state index contributed by atoms with van der Waals surface area (Å²) in [4.78, 5) is 22.1. The third-order valence-electron chi connectivity index (χ3n) is 5.06. The number of fused-ring (bicyclic) bond motifs is 1. The van der Waals surface area contributed by atoms with Gasteiger partial charge in [-0.05, 0) is 32.2 Å². The monoisotopic (exact) mass is 351 g/mol. The Morgan fingerprint density at radius 1 is 1.00 bits per heavy atom. The van der Waals surface area contributed by atoms with Crippen molar-refractivity contribution in [3.63, 3.8) is 0 Å². The molecule has 1 fully saturated rings. The number of hydrogen-bond acceptors (Lipinski definition) is 5. The second-order valence-electron chi connectivity index (χ2n) is 6.92. The van der Waals surface area contributed by atoms with Crippen LogP contribution in [-0.4, -0.2) is 41.6 Å². The number of carbonyl (C=O) groups excluding carboxylic acids is 1. The first-order valence-corrected chi connectivity index (χ1v) is 9.51. The number of amides is 1. The van der Waals surface area contributed by atoms with Crippen LogP contribution in [0.1, 0.15) is 30.5 Å². The Bertz CT molecular complexity index is 777. The predicted molar refractivity (Wildman–Crippen MR) is 102 cm³/mol. The van der Waals surface area contributed by atoms with E-state index in [2.05, 4.69) is 16.0 Å². The van der Waals surface area contributed by atoms with Gasteiger partial charge in [-0.3, -0.25) is 4.79 Å². The third kappa shape index (κ3) is 3.70. The van der Waals surface area contributed by atoms with Gasteiger partial charge in [0.2, 0.25) is 5.91 Å². The predicted octanol–water partition coefficient (Wildman–Crippen LogP) is 1.91. The van der Waals surface area contributed by atoms with Gasteiger partial charge in [0.15, 0.2) is 5.82 Å². The fourth-order valence-corrected chi connectivity index (χ4v) is 3.62. The fraction of sp³-hybridized carbons (Fsp3) is 0.450. The van der Waals surface area contributed by atoms with Gasteiger partial charge in [0.1, 0.15) is 11.9 Å². The van der Waals surface area contributed by atoms with Crippen LogP contribution in [-0.2, 0) is 17.6 Å². The van der Waals surface area contributed by atoms with Gasteiger partial charge >= 0.3 is 0 Å². The van der Waals surface area contributed by atoms with Crippen LogP contribution >= 0.6 is 0 Å². The number of benzene rings is 1. The highest BCUT2D eigenvalue weighted by Crippen LogP contribution is 2.26. The normalized spacial score (nSPS) is 20.5. The maximum absolute atomic E-state index is 12.4. The Morgan fingerprint density at radius 2 is 1.85 bits per heavy atom. The van der Waals surface area contributed by atoms with Gasteiger partial charge in [-0.25, -0.2) is 9.97 Å². The minimum absolute atomic E-state index is 0.0721. The Balaban J connectivity index is 1.72. The molecule has 0 aliphatic carbocycles. The van der Waals surface area contributed by atoms with E-state index in [1.54, 1.807) is 0 Å². The van der Waals surface area contributed by atoms with Crippen molar-refractivity contribution in [2.24, 2.45) is 0 Å². The molecule has 2 aromatic rings. The van der Waals surface area contributed by atoms with E-state index in [1.165, 1.54) is 0 Å². The molecule has 1 atom stereocenters. The van der Waals surface area contributed by atoms with Crippen LogP contribution in [0, 0.1) is 0 Å². The lowest BCUT2D eigenvalue weighted by atomic mass is 10.1. The number of carbonyl (C=O) groups is 1. The van der Waals surface area contributed by atoms with Gasteiger partial charge in [0, 0.05) is 30.6 Å². The Morgan fingerprint density at radius 3 is 2.73 bits per heavy atom. The molecule has 4 rings (SSSR count). The molecule has 3 N–H and O–H groups in total. The molecule has 6 heteroatoms. The van der Waals surface area contributed by atoms with Gasteiger partial charge in [-0.15, -0.1) is 0 Å². The summed E-state index contributed by atoms with van der Waals surface area (Å²) < 4.78 is 0. The van der Waals surface area contributed by atoms with Crippen molar-refractivity contribution >= 4 is 11.7 Å². The smallest absolute Gasteiger partial charge is 0.242 e. The zero-order valence-corrected chi connectivity index (χ0v) is 14.9. The Kier molecular flexibility index (Phi) is 5.11. The first kappa shape index (κ1) is 17.0. The summed E-state index contributed by atoms with van der Waals surface area (Å²) in [6.45, 7) is 2.59. The summed E-state index contributed by atoms with van der Waals surface area (Å²) in [6.07, 6.45) is 4.66. The quantitative estimate of drug-likeness (QED) is 0.787. The van der Waals surface area contributed by atoms with Crippen LogP contribution in [0.15, 0.2) is 30.3 Å². The van der Waals surface area contributed by atoms with E-state index in [1.807, 2.05) is 30.3 Å². The molecule has 0 bridgehead atoms. The number of rotatable bonds is 3. The van der Waals surface area contributed by atoms with Gasteiger partial charge in [0.25, 0.3) is 0 Å². The highest BCUT2D eigenvalue weighted by atomic mass is 16.2. The highest BCUT2D eigenvalue weighted by molar-refractivity contribution is 5.84. The van der Waals surface area contributed by atoms with Crippen molar-refractivity contribution in [3.8, 4) is 11.4 Å². The molecule has 1 saturated heterocycles. The van der Waals surface area contributed by atoms with Crippen molar-refractivity contribution in [1.82, 2.24) is 20.6 Å². The van der Waals surface area contributed by atoms with Crippen LogP contribution in [0.5, 0.6) is 0 Å². The standard InChI is InChI=1S/C20H25N5O/c26-20-17(8-4-5-11-22-20)24-19-15-9-12-21-13-10-16(15)23-18(25-19)14-6-2-1-3-7-14/h1-3,6-7,17,21H,4-5,8-13H2,(H,22,26)(H,23,24,25)/t17-/m0/s1. The van der Waals surface area contributed by atoms with Crippen molar-refractivity contribution < 1.29 is 4.79 Å². The van der Waals surface area contributed by atoms with E-state index in [4.69, 9.17) is 9.97 Å². The molecule has 2 aliphatic heterocycles. The number of aromatic nitrogens is 2. The lowest BCUT2D eigenvalue weighted by Gasteiger charge is -2.20. The van der Waals surface area contributed by atoms with Crippen LogP contribution in [0.25, 0.3) is 11.4 Å². The molecule has 136 valence electrons. The maximum Gasteiger partial charge on any atom is 0.242 e. The number of nitrogens with one attached hydrogen (secondary N) is 3. The van der Waals surface area contributed by atoms with Gasteiger partial charge in [-0.2, -0.15) is 0 Å². The van der Waals surface area contributed by atoms with Crippen molar-refractivity contribution in [1.29, 1.82) is 0 Å². The summed E-state index contributed by atoms with van der Waals surface area (Å²) in [5, 5.41) is 9.87. The molecule has 1 aromatic carbocycles. The van der Waals surface area contributed by atoms with Crippen molar-refractivity contribution in [2.45, 2.75) is 38.1 Å². The Labute approximate surface area is 153 Å². The molecule has 0 unspecified atom stereocenters. The van der Waals surface area contributed by atoms with Gasteiger partial charge < -0.3 is 16.0 Å². The zero-order chi connectivity index (χ0) is 17.8. The topological polar surface area (TPSA) is 78.9 Å². The summed E-state index contributed by atoms with van der Waals surface area (Å²) in [5.74, 6) is 1.62. The molecule has 26 heavy (non-hydrogen) atoms. The van der Waals surface area contributed by atoms with E-state index >= 15 is 0 Å². The minimum atomic E-state index is -0.226. The molecule has 3 heterocycles. The molecular weight excluding hydrogens is 326 g/mol. The van der Waals surface area contributed by atoms with E-state index < -0.39 is 0 Å². The average Bonchev–Trinajstić information content (AvgIpc) is 3.03. The second-order valence-corrected chi connectivity index (χ2v) is 6.92. The van der Waals surface area contributed by atoms with Gasteiger partial charge in [-0.1, -0.05) is 30.3 Å². The van der Waals surface area contributed by atoms with E-state index in [0.717, 1.165) is 80.2 Å². The summed E-state index contributed by atoms with van der Waals surface area (Å²) in [5.41, 5.74) is 3.23. The number of anilines is 1. The average molecular weight is 351 g/mol. The molecule has 0 saturated carbocycles. The Hall–Kier alpha value is -2.47. The summed E-state index contributed by atoms with van der Waals surface area (Å²) in [6, 6.07) is 9.82. The molecule has 2 aliphatic rings. The zero-order valence-electron chi connectivity index (χ0n) is 14.9. The largest absolute Gasteiger partial charge is 0.358 e. The second kappa shape index (κ2) is 7.83. The summed E-state index contributed by atoms with van der Waals surface area (Å²) >= 11 is 0. The van der Waals surface area contributed by atoms with E-state index in [9.17, 15) is 4.79 Å². The van der Waals surface area contributed by atoms with Crippen molar-refractivity contribution in [2.75, 3.05) is 25.0 Å². The molecule has 0 spiro atoms. The highest BCUT2D eigenvalue weighted by Gasteiger charge is 2.24. The minimum Gasteiger partial charge on any atom is -0.358 e. The van der Waals surface area contributed by atoms with E-state index in [-0.39, 0.29) is 11.9 Å². The van der Waals surface area contributed by atoms with Crippen LogP contribution in [0.2, 0.25) is 0 Å². The van der Waals surface area contributed by atoms with Crippen LogP contribution in [0.3, 0.4) is 0 Å². The molecule has 0 radical (unpaired) electrons. The van der Waals surface area contributed by atoms with Gasteiger partial charge in [0.05, 0.1) is 5.69 Å². The lowest BCUT2D eigenvalue weighted by molar-refractivity contribution is -0.121. The molecule has 6 nitrogen and oxygen atoms in total. The first-order valence-electron chi connectivity index (χ1n) is 9.51. The maximum atomic E-state index is 12.4. The molecular formula is C20H25N5O. The summed E-state index contributed by atoms with van der Waals surface area (Å²) in [7, 11) is 0. The third-order valence-corrected chi connectivity index (χ3v) is 5.06. The number of hydrogen-bond donors (Lipinski definition) is 3. The molecule has 1 aromatic heterocycles. The van der Waals surface area contributed by atoms with E-state index in [0.29, 0.717) is 0 Å². The fourth-order valence-electron chi connectivity index (χ4n) is 3.62.